The lowest BCUT2D eigenvalue weighted by molar-refractivity contribution is 0.566. The number of hydrogen-bond donors (Lipinski definition) is 0. The van der Waals surface area contributed by atoms with Crippen molar-refractivity contribution in [2.75, 3.05) is 0 Å². The molecule has 0 atom stereocenters. The zero-order valence-corrected chi connectivity index (χ0v) is 5.27. The Balaban J connectivity index is 2.84. The van der Waals surface area contributed by atoms with E-state index < -0.39 is 0 Å². The summed E-state index contributed by atoms with van der Waals surface area (Å²) in [7, 11) is 0. The van der Waals surface area contributed by atoms with Crippen molar-refractivity contribution in [2.45, 2.75) is 6.92 Å². The van der Waals surface area contributed by atoms with Gasteiger partial charge in [0.25, 0.3) is 0 Å². The molecule has 3 heteroatoms. The van der Waals surface area contributed by atoms with Crippen LogP contribution in [0.3, 0.4) is 0 Å². The lowest BCUT2D eigenvalue weighted by Gasteiger charge is -1.80. The molecule has 0 N–H and O–H groups in total. The Hall–Kier alpha value is -0.365. The Labute approximate surface area is 53.8 Å². The molecule has 0 aliphatic rings. The third kappa shape index (κ3) is 1.07. The highest BCUT2D eigenvalue weighted by atomic mass is 35.5. The van der Waals surface area contributed by atoms with Crippen LogP contribution in [0.1, 0.15) is 5.76 Å². The molecule has 1 aromatic rings. The lowest BCUT2D eigenvalue weighted by atomic mass is 10.1. The van der Waals surface area contributed by atoms with E-state index in [1.165, 1.54) is 6.69 Å². The summed E-state index contributed by atoms with van der Waals surface area (Å²) in [5, 5.41) is 0. The minimum atomic E-state index is 0.712. The first-order valence-corrected chi connectivity index (χ1v) is 2.76. The molecule has 1 aromatic heterocycles. The van der Waals surface area contributed by atoms with Gasteiger partial charge in [0.05, 0.1) is 11.4 Å². The van der Waals surface area contributed by atoms with Gasteiger partial charge in [-0.15, -0.1) is 0 Å². The van der Waals surface area contributed by atoms with Crippen LogP contribution in [0.2, 0.25) is 0 Å². The molecule has 1 nitrogen and oxygen atoms in total. The molecule has 1 rings (SSSR count). The largest absolute Gasteiger partial charge is 0.476 e. The molecule has 0 spiro atoms. The van der Waals surface area contributed by atoms with Gasteiger partial charge in [-0.05, 0) is 19.1 Å². The average molecular weight is 127 g/mol. The van der Waals surface area contributed by atoms with Crippen molar-refractivity contribution in [1.82, 2.24) is 0 Å². The minimum absolute atomic E-state index is 0.712. The molecular formula is C5H5BClO. The second kappa shape index (κ2) is 2.27. The highest BCUT2D eigenvalue weighted by Crippen LogP contribution is 1.93. The molecule has 1 heterocycles. The monoisotopic (exact) mass is 127 g/mol. The maximum Gasteiger partial charge on any atom is 0.323 e. The Morgan fingerprint density at radius 2 is 2.38 bits per heavy atom. The van der Waals surface area contributed by atoms with Gasteiger partial charge in [0, 0.05) is 0 Å². The fourth-order valence-corrected chi connectivity index (χ4v) is 0.629. The summed E-state index contributed by atoms with van der Waals surface area (Å²) in [4.78, 5) is 0. The second-order valence-corrected chi connectivity index (χ2v) is 1.78. The van der Waals surface area contributed by atoms with E-state index in [0.29, 0.717) is 5.66 Å². The number of rotatable bonds is 1. The number of furan rings is 1. The van der Waals surface area contributed by atoms with E-state index in [9.17, 15) is 0 Å². The quantitative estimate of drug-likeness (QED) is 0.514. The SMILES string of the molecule is Cc1ccc([B]Cl)o1. The first kappa shape index (κ1) is 5.77. The smallest absolute Gasteiger partial charge is 0.323 e. The average Bonchev–Trinajstić information content (AvgIpc) is 2.14. The van der Waals surface area contributed by atoms with Gasteiger partial charge in [-0.3, -0.25) is 0 Å². The van der Waals surface area contributed by atoms with Crippen LogP contribution < -0.4 is 5.66 Å². The molecule has 0 bridgehead atoms. The highest BCUT2D eigenvalue weighted by Gasteiger charge is 1.95. The van der Waals surface area contributed by atoms with Crippen molar-refractivity contribution in [1.29, 1.82) is 0 Å². The summed E-state index contributed by atoms with van der Waals surface area (Å²) in [5.74, 6) is 0.886. The van der Waals surface area contributed by atoms with Crippen LogP contribution in [0, 0.1) is 6.92 Å². The minimum Gasteiger partial charge on any atom is -0.476 e. The Morgan fingerprint density at radius 3 is 2.62 bits per heavy atom. The normalized spacial score (nSPS) is 9.25. The van der Waals surface area contributed by atoms with E-state index in [-0.39, 0.29) is 0 Å². The highest BCUT2D eigenvalue weighted by molar-refractivity contribution is 7.00. The molecule has 0 amide bonds. The van der Waals surface area contributed by atoms with Crippen LogP contribution >= 0.6 is 11.5 Å². The third-order valence-electron chi connectivity index (χ3n) is 0.869. The zero-order valence-electron chi connectivity index (χ0n) is 4.52. The Kier molecular flexibility index (Phi) is 1.64. The van der Waals surface area contributed by atoms with Crippen LogP contribution in [0.25, 0.3) is 0 Å². The van der Waals surface area contributed by atoms with E-state index in [1.54, 1.807) is 0 Å². The number of halogens is 1. The maximum atomic E-state index is 5.32. The van der Waals surface area contributed by atoms with Gasteiger partial charge in [0.15, 0.2) is 0 Å². The molecule has 0 aliphatic carbocycles. The molecule has 0 saturated heterocycles. The first-order valence-electron chi connectivity index (χ1n) is 2.33. The van der Waals surface area contributed by atoms with Crippen LogP contribution in [0.4, 0.5) is 0 Å². The van der Waals surface area contributed by atoms with Gasteiger partial charge < -0.3 is 4.42 Å². The van der Waals surface area contributed by atoms with Crippen molar-refractivity contribution in [3.05, 3.63) is 17.9 Å². The summed E-state index contributed by atoms with van der Waals surface area (Å²) >= 11 is 5.32. The standard InChI is InChI=1S/C5H5BClO/c1-4-2-3-5(6-7)8-4/h2-3H,1H3. The zero-order chi connectivity index (χ0) is 5.98. The first-order chi connectivity index (χ1) is 3.83. The van der Waals surface area contributed by atoms with Crippen molar-refractivity contribution >= 4 is 23.8 Å². The summed E-state index contributed by atoms with van der Waals surface area (Å²) < 4.78 is 5.05. The van der Waals surface area contributed by atoms with Gasteiger partial charge in [0.2, 0.25) is 0 Å². The fraction of sp³-hybridized carbons (Fsp3) is 0.200. The maximum absolute atomic E-state index is 5.32. The van der Waals surface area contributed by atoms with Gasteiger partial charge in [0.1, 0.15) is 0 Å². The number of aryl methyl sites for hydroxylation is 1. The summed E-state index contributed by atoms with van der Waals surface area (Å²) in [6, 6.07) is 3.69. The molecule has 0 aliphatic heterocycles. The van der Waals surface area contributed by atoms with E-state index >= 15 is 0 Å². The predicted molar refractivity (Wildman–Crippen MR) is 34.7 cm³/mol. The van der Waals surface area contributed by atoms with Crippen LogP contribution in [0.5, 0.6) is 0 Å². The fourth-order valence-electron chi connectivity index (χ4n) is 0.512. The van der Waals surface area contributed by atoms with E-state index in [0.717, 1.165) is 5.76 Å². The van der Waals surface area contributed by atoms with Gasteiger partial charge in [-0.25, -0.2) is 0 Å². The number of hydrogen-bond acceptors (Lipinski definition) is 1. The summed E-state index contributed by atoms with van der Waals surface area (Å²) in [6.07, 6.45) is 0. The molecule has 0 unspecified atom stereocenters. The van der Waals surface area contributed by atoms with Gasteiger partial charge in [-0.2, -0.15) is 11.5 Å². The molecule has 0 saturated carbocycles. The molecule has 1 radical (unpaired) electrons. The van der Waals surface area contributed by atoms with E-state index in [1.807, 2.05) is 19.1 Å². The third-order valence-corrected chi connectivity index (χ3v) is 1.08. The summed E-state index contributed by atoms with van der Waals surface area (Å²) in [5.41, 5.74) is 0.712. The van der Waals surface area contributed by atoms with Crippen LogP contribution in [0.15, 0.2) is 16.5 Å². The Morgan fingerprint density at radius 1 is 1.62 bits per heavy atom. The van der Waals surface area contributed by atoms with Crippen molar-refractivity contribution in [3.63, 3.8) is 0 Å². The van der Waals surface area contributed by atoms with Gasteiger partial charge >= 0.3 is 6.69 Å². The topological polar surface area (TPSA) is 13.1 Å². The second-order valence-electron chi connectivity index (χ2n) is 1.56. The predicted octanol–water partition coefficient (Wildman–Crippen LogP) is 1.07. The van der Waals surface area contributed by atoms with Crippen LogP contribution in [-0.2, 0) is 0 Å². The molecule has 0 aromatic carbocycles. The van der Waals surface area contributed by atoms with Crippen molar-refractivity contribution < 1.29 is 4.42 Å². The van der Waals surface area contributed by atoms with E-state index in [2.05, 4.69) is 0 Å². The molecule has 8 heavy (non-hydrogen) atoms. The van der Waals surface area contributed by atoms with Gasteiger partial charge in [-0.1, -0.05) is 0 Å². The molecule has 41 valence electrons. The lowest BCUT2D eigenvalue weighted by Crippen LogP contribution is -2.02. The van der Waals surface area contributed by atoms with Crippen molar-refractivity contribution in [2.24, 2.45) is 0 Å². The Bertz CT molecular complexity index is 173. The summed E-state index contributed by atoms with van der Waals surface area (Å²) in [6.45, 7) is 3.29. The van der Waals surface area contributed by atoms with Crippen LogP contribution in [-0.4, -0.2) is 6.69 Å². The van der Waals surface area contributed by atoms with E-state index in [4.69, 9.17) is 15.9 Å². The van der Waals surface area contributed by atoms with Crippen molar-refractivity contribution in [3.8, 4) is 0 Å². The molecule has 0 fully saturated rings. The molecular weight excluding hydrogens is 122 g/mol.